The van der Waals surface area contributed by atoms with Crippen LogP contribution in [0, 0.1) is 0 Å². The second-order valence-corrected chi connectivity index (χ2v) is 3.43. The van der Waals surface area contributed by atoms with Crippen LogP contribution in [0.4, 0.5) is 0 Å². The van der Waals surface area contributed by atoms with Crippen molar-refractivity contribution in [2.45, 2.75) is 26.2 Å². The van der Waals surface area contributed by atoms with Gasteiger partial charge >= 0.3 is 5.97 Å². The Labute approximate surface area is 86.0 Å². The molecule has 0 atom stereocenters. The molecule has 0 heterocycles. The molecule has 1 N–H and O–H groups in total. The summed E-state index contributed by atoms with van der Waals surface area (Å²) in [5.74, 6) is -1.74. The summed E-state index contributed by atoms with van der Waals surface area (Å²) in [6, 6.07) is 0. The monoisotopic (exact) mass is 220 g/mol. The third-order valence-corrected chi connectivity index (χ3v) is 1.80. The van der Waals surface area contributed by atoms with Crippen LogP contribution in [-0.2, 0) is 18.6 Å². The Morgan fingerprint density at radius 2 is 2.00 bits per heavy atom. The highest BCUT2D eigenvalue weighted by molar-refractivity contribution is 8.09. The molecule has 0 aromatic carbocycles. The van der Waals surface area contributed by atoms with Crippen LogP contribution in [0.25, 0.3) is 0 Å². The molecule has 0 saturated carbocycles. The fourth-order valence-electron chi connectivity index (χ4n) is 0.626. The molecule has 0 aromatic rings. The first kappa shape index (κ1) is 13.1. The Balaban J connectivity index is 3.49. The lowest BCUT2D eigenvalue weighted by molar-refractivity contribution is -0.140. The number of carbonyl (C=O) groups excluding carboxylic acids is 2. The molecule has 0 saturated heterocycles. The van der Waals surface area contributed by atoms with Gasteiger partial charge in [-0.25, -0.2) is 0 Å². The summed E-state index contributed by atoms with van der Waals surface area (Å²) in [6.07, 6.45) is 0.540. The lowest BCUT2D eigenvalue weighted by atomic mass is 10.3. The first-order valence-corrected chi connectivity index (χ1v) is 4.86. The van der Waals surface area contributed by atoms with Crippen molar-refractivity contribution in [3.63, 3.8) is 0 Å². The largest absolute Gasteiger partial charge is 0.481 e. The first-order valence-electron chi connectivity index (χ1n) is 4.12. The normalized spacial score (nSPS) is 9.79. The molecular formula is C8H12O5S. The molecule has 0 unspecified atom stereocenters. The van der Waals surface area contributed by atoms with Crippen molar-refractivity contribution in [2.75, 3.05) is 6.61 Å². The number of hydrogen-bond donors (Lipinski definition) is 1. The molecule has 0 bridgehead atoms. The molecule has 0 fully saturated rings. The summed E-state index contributed by atoms with van der Waals surface area (Å²) in [5, 5.41) is 8.07. The first-order chi connectivity index (χ1) is 6.56. The van der Waals surface area contributed by atoms with E-state index >= 15 is 0 Å². The summed E-state index contributed by atoms with van der Waals surface area (Å²) in [7, 11) is 0. The maximum Gasteiger partial charge on any atom is 0.310 e. The van der Waals surface area contributed by atoms with Crippen LogP contribution in [-0.4, -0.2) is 28.6 Å². The van der Waals surface area contributed by atoms with Gasteiger partial charge in [0, 0.05) is 6.42 Å². The molecule has 80 valence electrons. The predicted octanol–water partition coefficient (Wildman–Crippen LogP) is 1.02. The predicted molar refractivity (Wildman–Crippen MR) is 50.7 cm³/mol. The highest BCUT2D eigenvalue weighted by atomic mass is 32.2. The van der Waals surface area contributed by atoms with E-state index in [4.69, 9.17) is 5.11 Å². The molecule has 6 heteroatoms. The molecule has 0 spiro atoms. The molecule has 14 heavy (non-hydrogen) atoms. The summed E-state index contributed by atoms with van der Waals surface area (Å²) in [5.41, 5.74) is 0. The van der Waals surface area contributed by atoms with Crippen LogP contribution in [0.2, 0.25) is 0 Å². The van der Waals surface area contributed by atoms with Crippen molar-refractivity contribution in [3.8, 4) is 0 Å². The summed E-state index contributed by atoms with van der Waals surface area (Å²) >= 11 is 0.604. The number of ketones is 1. The quantitative estimate of drug-likeness (QED) is 0.509. The van der Waals surface area contributed by atoms with Gasteiger partial charge in [-0.15, -0.1) is 0 Å². The summed E-state index contributed by atoms with van der Waals surface area (Å²) in [6.45, 7) is 1.51. The topological polar surface area (TPSA) is 80.7 Å². The summed E-state index contributed by atoms with van der Waals surface area (Å²) in [4.78, 5) is 31.7. The van der Waals surface area contributed by atoms with Crippen LogP contribution >= 0.6 is 12.0 Å². The molecule has 0 aliphatic heterocycles. The molecule has 5 nitrogen and oxygen atoms in total. The van der Waals surface area contributed by atoms with E-state index in [9.17, 15) is 14.4 Å². The average Bonchev–Trinajstić information content (AvgIpc) is 2.02. The van der Waals surface area contributed by atoms with Gasteiger partial charge in [0.1, 0.15) is 13.0 Å². The van der Waals surface area contributed by atoms with E-state index in [1.165, 1.54) is 0 Å². The third kappa shape index (κ3) is 7.75. The minimum absolute atomic E-state index is 0.157. The van der Waals surface area contributed by atoms with Crippen molar-refractivity contribution in [1.29, 1.82) is 0 Å². The van der Waals surface area contributed by atoms with Gasteiger partial charge in [-0.1, -0.05) is 6.92 Å². The molecule has 0 amide bonds. The smallest absolute Gasteiger partial charge is 0.310 e. The average molecular weight is 220 g/mol. The van der Waals surface area contributed by atoms with Crippen LogP contribution in [0.1, 0.15) is 26.2 Å². The molecule has 0 aliphatic carbocycles. The Morgan fingerprint density at radius 1 is 1.36 bits per heavy atom. The number of carboxylic acid groups (broad SMARTS) is 1. The zero-order valence-corrected chi connectivity index (χ0v) is 8.63. The Bertz CT molecular complexity index is 226. The fraction of sp³-hybridized carbons (Fsp3) is 0.625. The molecule has 0 aliphatic rings. The van der Waals surface area contributed by atoms with Crippen LogP contribution in [0.3, 0.4) is 0 Å². The Kier molecular flexibility index (Phi) is 7.04. The van der Waals surface area contributed by atoms with Crippen molar-refractivity contribution in [3.05, 3.63) is 0 Å². The minimum atomic E-state index is -1.19. The van der Waals surface area contributed by atoms with Gasteiger partial charge in [0.05, 0.1) is 12.0 Å². The zero-order valence-electron chi connectivity index (χ0n) is 7.82. The van der Waals surface area contributed by atoms with Gasteiger partial charge < -0.3 is 9.29 Å². The highest BCUT2D eigenvalue weighted by Crippen LogP contribution is 2.08. The lowest BCUT2D eigenvalue weighted by Crippen LogP contribution is -2.11. The second kappa shape index (κ2) is 7.52. The number of hydrogen-bond acceptors (Lipinski definition) is 5. The maximum absolute atomic E-state index is 10.9. The number of Topliss-reactive ketones (excluding diaryl/α,β-unsaturated/α-hetero) is 1. The number of carboxylic acids is 1. The SMILES string of the molecule is CCCC(=O)SOCC(=O)CC(=O)O. The van der Waals surface area contributed by atoms with Gasteiger partial charge in [-0.05, 0) is 6.42 Å². The van der Waals surface area contributed by atoms with Gasteiger partial charge in [0.25, 0.3) is 0 Å². The molecule has 0 radical (unpaired) electrons. The van der Waals surface area contributed by atoms with E-state index in [1.54, 1.807) is 0 Å². The standard InChI is InChI=1S/C8H12O5S/c1-2-3-8(12)14-13-5-6(9)4-7(10)11/h2-5H2,1H3,(H,10,11). The Morgan fingerprint density at radius 3 is 2.50 bits per heavy atom. The molecule has 0 aromatic heterocycles. The molecule has 0 rings (SSSR count). The van der Waals surface area contributed by atoms with E-state index in [-0.39, 0.29) is 11.7 Å². The number of carbonyl (C=O) groups is 3. The number of rotatable bonds is 7. The third-order valence-electron chi connectivity index (χ3n) is 1.17. The zero-order chi connectivity index (χ0) is 11.0. The fourth-order valence-corrected chi connectivity index (χ4v) is 1.24. The summed E-state index contributed by atoms with van der Waals surface area (Å²) < 4.78 is 4.66. The maximum atomic E-state index is 10.9. The van der Waals surface area contributed by atoms with Gasteiger partial charge in [0.2, 0.25) is 5.12 Å². The molecular weight excluding hydrogens is 208 g/mol. The highest BCUT2D eigenvalue weighted by Gasteiger charge is 2.09. The van der Waals surface area contributed by atoms with Crippen molar-refractivity contribution < 1.29 is 23.7 Å². The van der Waals surface area contributed by atoms with Crippen LogP contribution in [0.5, 0.6) is 0 Å². The van der Waals surface area contributed by atoms with Gasteiger partial charge in [-0.3, -0.25) is 14.4 Å². The van der Waals surface area contributed by atoms with E-state index in [0.717, 1.165) is 6.42 Å². The van der Waals surface area contributed by atoms with Crippen molar-refractivity contribution in [1.82, 2.24) is 0 Å². The van der Waals surface area contributed by atoms with Crippen LogP contribution < -0.4 is 0 Å². The Hall–Kier alpha value is -0.880. The van der Waals surface area contributed by atoms with Gasteiger partial charge in [0.15, 0.2) is 5.78 Å². The van der Waals surface area contributed by atoms with Gasteiger partial charge in [-0.2, -0.15) is 0 Å². The van der Waals surface area contributed by atoms with Crippen LogP contribution in [0.15, 0.2) is 0 Å². The van der Waals surface area contributed by atoms with E-state index in [0.29, 0.717) is 18.5 Å². The van der Waals surface area contributed by atoms with E-state index < -0.39 is 18.2 Å². The number of aliphatic carboxylic acids is 1. The van der Waals surface area contributed by atoms with E-state index in [2.05, 4.69) is 4.18 Å². The van der Waals surface area contributed by atoms with E-state index in [1.807, 2.05) is 6.92 Å². The van der Waals surface area contributed by atoms with Crippen molar-refractivity contribution >= 4 is 28.9 Å². The van der Waals surface area contributed by atoms with Crippen molar-refractivity contribution in [2.24, 2.45) is 0 Å². The minimum Gasteiger partial charge on any atom is -0.481 e. The second-order valence-electron chi connectivity index (χ2n) is 2.58. The lowest BCUT2D eigenvalue weighted by Gasteiger charge is -1.98.